The molecule has 16 heavy (non-hydrogen) atoms. The SMILES string of the molecule is CCC1CCCN(CCn2ccc(N)n2)C1. The Morgan fingerprint density at radius 3 is 3.06 bits per heavy atom. The van der Waals surface area contributed by atoms with Crippen LogP contribution in [-0.4, -0.2) is 34.3 Å². The number of nitrogens with zero attached hydrogens (tertiary/aromatic N) is 3. The maximum Gasteiger partial charge on any atom is 0.145 e. The zero-order chi connectivity index (χ0) is 11.4. The highest BCUT2D eigenvalue weighted by Gasteiger charge is 2.17. The molecule has 0 bridgehead atoms. The summed E-state index contributed by atoms with van der Waals surface area (Å²) in [6.07, 6.45) is 6.02. The Balaban J connectivity index is 1.77. The molecule has 0 spiro atoms. The molecule has 1 aromatic rings. The van der Waals surface area contributed by atoms with E-state index in [-0.39, 0.29) is 0 Å². The third kappa shape index (κ3) is 2.98. The third-order valence-corrected chi connectivity index (χ3v) is 3.49. The zero-order valence-corrected chi connectivity index (χ0v) is 10.1. The number of hydrogen-bond acceptors (Lipinski definition) is 3. The lowest BCUT2D eigenvalue weighted by Gasteiger charge is -2.32. The van der Waals surface area contributed by atoms with Crippen LogP contribution in [0.5, 0.6) is 0 Å². The van der Waals surface area contributed by atoms with Gasteiger partial charge in [0.1, 0.15) is 5.82 Å². The van der Waals surface area contributed by atoms with Crippen LogP contribution in [0.25, 0.3) is 0 Å². The Labute approximate surface area is 97.4 Å². The van der Waals surface area contributed by atoms with Crippen molar-refractivity contribution in [2.45, 2.75) is 32.7 Å². The lowest BCUT2D eigenvalue weighted by molar-refractivity contribution is 0.165. The lowest BCUT2D eigenvalue weighted by atomic mass is 9.96. The van der Waals surface area contributed by atoms with E-state index in [4.69, 9.17) is 5.73 Å². The molecular weight excluding hydrogens is 200 g/mol. The summed E-state index contributed by atoms with van der Waals surface area (Å²) < 4.78 is 1.94. The van der Waals surface area contributed by atoms with Gasteiger partial charge < -0.3 is 10.6 Å². The van der Waals surface area contributed by atoms with Gasteiger partial charge in [-0.2, -0.15) is 5.10 Å². The van der Waals surface area contributed by atoms with Crippen molar-refractivity contribution >= 4 is 5.82 Å². The quantitative estimate of drug-likeness (QED) is 0.841. The highest BCUT2D eigenvalue weighted by molar-refractivity contribution is 5.23. The Morgan fingerprint density at radius 2 is 2.38 bits per heavy atom. The number of hydrogen-bond donors (Lipinski definition) is 1. The molecule has 1 atom stereocenters. The smallest absolute Gasteiger partial charge is 0.145 e. The molecule has 1 saturated heterocycles. The fourth-order valence-electron chi connectivity index (χ4n) is 2.43. The van der Waals surface area contributed by atoms with Crippen LogP contribution < -0.4 is 5.73 Å². The van der Waals surface area contributed by atoms with Crippen LogP contribution in [0.15, 0.2) is 12.3 Å². The van der Waals surface area contributed by atoms with E-state index in [0.29, 0.717) is 5.82 Å². The average Bonchev–Trinajstić information content (AvgIpc) is 2.73. The second-order valence-electron chi connectivity index (χ2n) is 4.72. The van der Waals surface area contributed by atoms with E-state index in [2.05, 4.69) is 16.9 Å². The van der Waals surface area contributed by atoms with E-state index >= 15 is 0 Å². The molecule has 2 heterocycles. The number of anilines is 1. The van der Waals surface area contributed by atoms with E-state index in [9.17, 15) is 0 Å². The highest BCUT2D eigenvalue weighted by atomic mass is 15.3. The van der Waals surface area contributed by atoms with Crippen molar-refractivity contribution in [3.8, 4) is 0 Å². The van der Waals surface area contributed by atoms with E-state index in [1.807, 2.05) is 16.9 Å². The Bertz CT molecular complexity index is 321. The van der Waals surface area contributed by atoms with Crippen molar-refractivity contribution in [2.75, 3.05) is 25.4 Å². The van der Waals surface area contributed by atoms with Gasteiger partial charge in [-0.25, -0.2) is 0 Å². The van der Waals surface area contributed by atoms with Gasteiger partial charge in [0, 0.05) is 19.3 Å². The van der Waals surface area contributed by atoms with Crippen LogP contribution in [0.2, 0.25) is 0 Å². The number of nitrogen functional groups attached to an aromatic ring is 1. The molecule has 1 aliphatic heterocycles. The largest absolute Gasteiger partial charge is 0.382 e. The molecule has 1 fully saturated rings. The fraction of sp³-hybridized carbons (Fsp3) is 0.750. The van der Waals surface area contributed by atoms with Gasteiger partial charge >= 0.3 is 0 Å². The van der Waals surface area contributed by atoms with Gasteiger partial charge in [0.05, 0.1) is 6.54 Å². The first-order valence-electron chi connectivity index (χ1n) is 6.29. The second-order valence-corrected chi connectivity index (χ2v) is 4.72. The molecule has 4 nitrogen and oxygen atoms in total. The van der Waals surface area contributed by atoms with E-state index in [1.54, 1.807) is 0 Å². The number of likely N-dealkylation sites (tertiary alicyclic amines) is 1. The molecule has 2 N–H and O–H groups in total. The normalized spacial score (nSPS) is 22.4. The van der Waals surface area contributed by atoms with Crippen molar-refractivity contribution in [2.24, 2.45) is 5.92 Å². The maximum atomic E-state index is 5.59. The summed E-state index contributed by atoms with van der Waals surface area (Å²) in [4.78, 5) is 2.55. The van der Waals surface area contributed by atoms with Crippen molar-refractivity contribution < 1.29 is 0 Å². The molecule has 2 rings (SSSR count). The summed E-state index contributed by atoms with van der Waals surface area (Å²) in [5.74, 6) is 1.52. The first-order valence-corrected chi connectivity index (χ1v) is 6.29. The van der Waals surface area contributed by atoms with Crippen LogP contribution in [0.1, 0.15) is 26.2 Å². The predicted octanol–water partition coefficient (Wildman–Crippen LogP) is 1.59. The standard InChI is InChI=1S/C12H22N4/c1-2-11-4-3-6-15(10-11)8-9-16-7-5-12(13)14-16/h5,7,11H,2-4,6,8-10H2,1H3,(H2,13,14). The highest BCUT2D eigenvalue weighted by Crippen LogP contribution is 2.18. The summed E-state index contributed by atoms with van der Waals surface area (Å²) in [6.45, 7) is 6.84. The van der Waals surface area contributed by atoms with Crippen molar-refractivity contribution in [1.29, 1.82) is 0 Å². The topological polar surface area (TPSA) is 47.1 Å². The number of nitrogens with two attached hydrogens (primary N) is 1. The van der Waals surface area contributed by atoms with Gasteiger partial charge in [-0.3, -0.25) is 4.68 Å². The summed E-state index contributed by atoms with van der Waals surface area (Å²) in [6, 6.07) is 1.85. The van der Waals surface area contributed by atoms with Gasteiger partial charge in [0.15, 0.2) is 0 Å². The van der Waals surface area contributed by atoms with Crippen LogP contribution in [-0.2, 0) is 6.54 Å². The monoisotopic (exact) mass is 222 g/mol. The summed E-state index contributed by atoms with van der Waals surface area (Å²) >= 11 is 0. The van der Waals surface area contributed by atoms with Gasteiger partial charge in [-0.15, -0.1) is 0 Å². The molecule has 0 radical (unpaired) electrons. The molecule has 4 heteroatoms. The average molecular weight is 222 g/mol. The first-order chi connectivity index (χ1) is 7.78. The van der Waals surface area contributed by atoms with Crippen molar-refractivity contribution in [1.82, 2.24) is 14.7 Å². The van der Waals surface area contributed by atoms with E-state index in [0.717, 1.165) is 19.0 Å². The molecule has 0 aromatic carbocycles. The van der Waals surface area contributed by atoms with Crippen molar-refractivity contribution in [3.63, 3.8) is 0 Å². The molecule has 1 aromatic heterocycles. The zero-order valence-electron chi connectivity index (χ0n) is 10.1. The van der Waals surface area contributed by atoms with E-state index < -0.39 is 0 Å². The van der Waals surface area contributed by atoms with Gasteiger partial charge in [0.2, 0.25) is 0 Å². The van der Waals surface area contributed by atoms with Gasteiger partial charge in [-0.05, 0) is 31.4 Å². The molecule has 1 unspecified atom stereocenters. The maximum absolute atomic E-state index is 5.59. The minimum atomic E-state index is 0.616. The summed E-state index contributed by atoms with van der Waals surface area (Å²) in [5.41, 5.74) is 5.59. The fourth-order valence-corrected chi connectivity index (χ4v) is 2.43. The van der Waals surface area contributed by atoms with Gasteiger partial charge in [0.25, 0.3) is 0 Å². The molecule has 1 aliphatic rings. The van der Waals surface area contributed by atoms with Crippen molar-refractivity contribution in [3.05, 3.63) is 12.3 Å². The molecular formula is C12H22N4. The first kappa shape index (κ1) is 11.5. The minimum Gasteiger partial charge on any atom is -0.382 e. The third-order valence-electron chi connectivity index (χ3n) is 3.49. The predicted molar refractivity (Wildman–Crippen MR) is 66.1 cm³/mol. The molecule has 0 saturated carbocycles. The molecule has 0 aliphatic carbocycles. The van der Waals surface area contributed by atoms with Gasteiger partial charge in [-0.1, -0.05) is 13.3 Å². The Hall–Kier alpha value is -1.03. The Kier molecular flexibility index (Phi) is 3.83. The van der Waals surface area contributed by atoms with Crippen LogP contribution in [0.4, 0.5) is 5.82 Å². The van der Waals surface area contributed by atoms with Crippen LogP contribution in [0, 0.1) is 5.92 Å². The Morgan fingerprint density at radius 1 is 1.50 bits per heavy atom. The second kappa shape index (κ2) is 5.34. The molecule has 90 valence electrons. The summed E-state index contributed by atoms with van der Waals surface area (Å²) in [5, 5.41) is 4.20. The van der Waals surface area contributed by atoms with Crippen LogP contribution in [0.3, 0.4) is 0 Å². The molecule has 0 amide bonds. The van der Waals surface area contributed by atoms with E-state index in [1.165, 1.54) is 32.4 Å². The summed E-state index contributed by atoms with van der Waals surface area (Å²) in [7, 11) is 0. The van der Waals surface area contributed by atoms with Crippen LogP contribution >= 0.6 is 0 Å². The number of piperidine rings is 1. The number of aromatic nitrogens is 2. The number of rotatable bonds is 4. The minimum absolute atomic E-state index is 0.616. The lowest BCUT2D eigenvalue weighted by Crippen LogP contribution is -2.37.